The van der Waals surface area contributed by atoms with Crippen molar-refractivity contribution in [2.24, 2.45) is 0 Å². The third kappa shape index (κ3) is 13.0. The third-order valence-corrected chi connectivity index (χ3v) is 5.11. The van der Waals surface area contributed by atoms with Crippen molar-refractivity contribution in [3.05, 3.63) is 42.0 Å². The molecule has 1 aromatic carbocycles. The lowest BCUT2D eigenvalue weighted by Gasteiger charge is -2.26. The predicted molar refractivity (Wildman–Crippen MR) is 130 cm³/mol. The standard InChI is InChI=1S/C25H35N3O7/c1-25(2,24(35)27-19(23(33)34)17-22(31)32)28-21(30)13-9-4-3-5-10-16-26-20(29)15-14-18-11-7-6-8-12-18/h6-8,11-12,14-15,19H,3-5,9-10,13,16-17H2,1-2H3,(H,26,29)(H,27,35)(H,28,30)(H,31,32)(H,33,34)/b15-14+/t19-/m0/s1. The van der Waals surface area contributed by atoms with Crippen LogP contribution in [0.5, 0.6) is 0 Å². The lowest BCUT2D eigenvalue weighted by Crippen LogP contribution is -2.58. The fourth-order valence-corrected chi connectivity index (χ4v) is 3.13. The van der Waals surface area contributed by atoms with E-state index in [1.807, 2.05) is 30.3 Å². The number of hydrogen-bond donors (Lipinski definition) is 5. The summed E-state index contributed by atoms with van der Waals surface area (Å²) in [6.07, 6.45) is 6.74. The van der Waals surface area contributed by atoms with Gasteiger partial charge in [-0.15, -0.1) is 0 Å². The quantitative estimate of drug-likeness (QED) is 0.175. The van der Waals surface area contributed by atoms with Crippen LogP contribution in [0, 0.1) is 0 Å². The molecule has 0 fully saturated rings. The zero-order valence-electron chi connectivity index (χ0n) is 20.2. The number of amides is 3. The number of carbonyl (C=O) groups is 5. The van der Waals surface area contributed by atoms with Gasteiger partial charge in [0, 0.05) is 19.0 Å². The van der Waals surface area contributed by atoms with Crippen LogP contribution in [-0.2, 0) is 24.0 Å². The number of hydrogen-bond acceptors (Lipinski definition) is 5. The van der Waals surface area contributed by atoms with E-state index in [0.29, 0.717) is 13.0 Å². The molecule has 192 valence electrons. The van der Waals surface area contributed by atoms with Gasteiger partial charge in [0.25, 0.3) is 0 Å². The smallest absolute Gasteiger partial charge is 0.326 e. The molecule has 1 rings (SSSR count). The van der Waals surface area contributed by atoms with Crippen LogP contribution >= 0.6 is 0 Å². The Bertz CT molecular complexity index is 898. The SMILES string of the molecule is CC(C)(NC(=O)CCCCCCCNC(=O)/C=C/c1ccccc1)C(=O)N[C@@H](CC(=O)O)C(=O)O. The minimum Gasteiger partial charge on any atom is -0.481 e. The second kappa shape index (κ2) is 15.3. The van der Waals surface area contributed by atoms with Crippen molar-refractivity contribution in [2.75, 3.05) is 6.54 Å². The molecule has 0 spiro atoms. The van der Waals surface area contributed by atoms with Gasteiger partial charge in [-0.2, -0.15) is 0 Å². The fraction of sp³-hybridized carbons (Fsp3) is 0.480. The molecule has 10 nitrogen and oxygen atoms in total. The van der Waals surface area contributed by atoms with E-state index in [4.69, 9.17) is 10.2 Å². The molecule has 0 saturated carbocycles. The average molecular weight is 490 g/mol. The third-order valence-electron chi connectivity index (χ3n) is 5.11. The maximum Gasteiger partial charge on any atom is 0.326 e. The van der Waals surface area contributed by atoms with Gasteiger partial charge in [-0.25, -0.2) is 4.79 Å². The normalized spacial score (nSPS) is 12.1. The first-order valence-electron chi connectivity index (χ1n) is 11.6. The average Bonchev–Trinajstić information content (AvgIpc) is 2.78. The number of carboxylic acids is 2. The van der Waals surface area contributed by atoms with Crippen molar-refractivity contribution in [2.45, 2.75) is 70.4 Å². The Hall–Kier alpha value is -3.69. The summed E-state index contributed by atoms with van der Waals surface area (Å²) in [5.74, 6) is -4.10. The minimum absolute atomic E-state index is 0.144. The zero-order valence-corrected chi connectivity index (χ0v) is 20.2. The van der Waals surface area contributed by atoms with Gasteiger partial charge in [-0.05, 0) is 38.3 Å². The van der Waals surface area contributed by atoms with Crippen LogP contribution in [0.15, 0.2) is 36.4 Å². The summed E-state index contributed by atoms with van der Waals surface area (Å²) in [4.78, 5) is 58.2. The van der Waals surface area contributed by atoms with Crippen LogP contribution in [0.1, 0.15) is 64.4 Å². The van der Waals surface area contributed by atoms with E-state index in [9.17, 15) is 24.0 Å². The fourth-order valence-electron chi connectivity index (χ4n) is 3.13. The predicted octanol–water partition coefficient (Wildman–Crippen LogP) is 2.10. The van der Waals surface area contributed by atoms with E-state index in [1.54, 1.807) is 6.08 Å². The number of benzene rings is 1. The van der Waals surface area contributed by atoms with E-state index in [-0.39, 0.29) is 18.2 Å². The summed E-state index contributed by atoms with van der Waals surface area (Å²) in [6.45, 7) is 3.41. The van der Waals surface area contributed by atoms with Gasteiger partial charge in [-0.3, -0.25) is 19.2 Å². The zero-order chi connectivity index (χ0) is 26.3. The first-order chi connectivity index (χ1) is 16.5. The lowest BCUT2D eigenvalue weighted by atomic mass is 10.0. The van der Waals surface area contributed by atoms with Gasteiger partial charge in [0.05, 0.1) is 6.42 Å². The second-order valence-electron chi connectivity index (χ2n) is 8.69. The maximum atomic E-state index is 12.3. The Kier molecular flexibility index (Phi) is 12.8. The molecule has 0 unspecified atom stereocenters. The highest BCUT2D eigenvalue weighted by molar-refractivity contribution is 5.94. The number of carbonyl (C=O) groups excluding carboxylic acids is 3. The molecule has 0 radical (unpaired) electrons. The van der Waals surface area contributed by atoms with Crippen molar-refractivity contribution < 1.29 is 34.2 Å². The van der Waals surface area contributed by atoms with Crippen LogP contribution in [0.3, 0.4) is 0 Å². The van der Waals surface area contributed by atoms with Crippen molar-refractivity contribution in [3.63, 3.8) is 0 Å². The van der Waals surface area contributed by atoms with E-state index in [1.165, 1.54) is 19.9 Å². The van der Waals surface area contributed by atoms with Gasteiger partial charge in [0.2, 0.25) is 17.7 Å². The lowest BCUT2D eigenvalue weighted by molar-refractivity contribution is -0.148. The van der Waals surface area contributed by atoms with Crippen molar-refractivity contribution >= 4 is 35.7 Å². The number of aliphatic carboxylic acids is 2. The van der Waals surface area contributed by atoms with Crippen molar-refractivity contribution in [1.82, 2.24) is 16.0 Å². The second-order valence-corrected chi connectivity index (χ2v) is 8.69. The molecule has 0 saturated heterocycles. The molecule has 1 aromatic rings. The molecular weight excluding hydrogens is 454 g/mol. The molecule has 0 aliphatic rings. The molecule has 0 heterocycles. The molecule has 0 aliphatic heterocycles. The van der Waals surface area contributed by atoms with Crippen LogP contribution < -0.4 is 16.0 Å². The van der Waals surface area contributed by atoms with Crippen LogP contribution in [0.2, 0.25) is 0 Å². The monoisotopic (exact) mass is 489 g/mol. The van der Waals surface area contributed by atoms with E-state index in [0.717, 1.165) is 31.2 Å². The molecule has 10 heteroatoms. The molecular formula is C25H35N3O7. The Morgan fingerprint density at radius 2 is 1.57 bits per heavy atom. The number of rotatable bonds is 16. The summed E-state index contributed by atoms with van der Waals surface area (Å²) in [7, 11) is 0. The van der Waals surface area contributed by atoms with E-state index in [2.05, 4.69) is 16.0 Å². The largest absolute Gasteiger partial charge is 0.481 e. The molecule has 3 amide bonds. The Morgan fingerprint density at radius 3 is 2.20 bits per heavy atom. The summed E-state index contributed by atoms with van der Waals surface area (Å²) in [5, 5.41) is 25.3. The highest BCUT2D eigenvalue weighted by Gasteiger charge is 2.33. The van der Waals surface area contributed by atoms with Crippen LogP contribution in [0.4, 0.5) is 0 Å². The highest BCUT2D eigenvalue weighted by Crippen LogP contribution is 2.09. The Balaban J connectivity index is 2.19. The first kappa shape index (κ1) is 29.3. The van der Waals surface area contributed by atoms with Crippen molar-refractivity contribution in [1.29, 1.82) is 0 Å². The maximum absolute atomic E-state index is 12.3. The molecule has 0 aliphatic carbocycles. The topological polar surface area (TPSA) is 162 Å². The van der Waals surface area contributed by atoms with E-state index < -0.39 is 35.8 Å². The number of unbranched alkanes of at least 4 members (excludes halogenated alkanes) is 4. The van der Waals surface area contributed by atoms with Crippen molar-refractivity contribution in [3.8, 4) is 0 Å². The highest BCUT2D eigenvalue weighted by atomic mass is 16.4. The molecule has 0 bridgehead atoms. The number of nitrogens with one attached hydrogen (secondary N) is 3. The van der Waals surface area contributed by atoms with E-state index >= 15 is 0 Å². The summed E-state index contributed by atoms with van der Waals surface area (Å²) < 4.78 is 0. The molecule has 35 heavy (non-hydrogen) atoms. The first-order valence-corrected chi connectivity index (χ1v) is 11.6. The Morgan fingerprint density at radius 1 is 0.943 bits per heavy atom. The summed E-state index contributed by atoms with van der Waals surface area (Å²) >= 11 is 0. The Labute approximate surface area is 205 Å². The minimum atomic E-state index is -1.58. The molecule has 5 N–H and O–H groups in total. The molecule has 0 aromatic heterocycles. The van der Waals surface area contributed by atoms with Gasteiger partial charge in [0.15, 0.2) is 0 Å². The van der Waals surface area contributed by atoms with Gasteiger partial charge >= 0.3 is 11.9 Å². The molecule has 1 atom stereocenters. The van der Waals surface area contributed by atoms with Gasteiger partial charge in [0.1, 0.15) is 11.6 Å². The number of carboxylic acid groups (broad SMARTS) is 2. The summed E-state index contributed by atoms with van der Waals surface area (Å²) in [6, 6.07) is 7.96. The van der Waals surface area contributed by atoms with Crippen LogP contribution in [-0.4, -0.2) is 58.0 Å². The van der Waals surface area contributed by atoms with Crippen LogP contribution in [0.25, 0.3) is 6.08 Å². The van der Waals surface area contributed by atoms with Gasteiger partial charge < -0.3 is 26.2 Å². The summed E-state index contributed by atoms with van der Waals surface area (Å²) in [5.41, 5.74) is -0.436. The van der Waals surface area contributed by atoms with Gasteiger partial charge in [-0.1, -0.05) is 49.6 Å².